The summed E-state index contributed by atoms with van der Waals surface area (Å²) in [6.45, 7) is 0.729. The van der Waals surface area contributed by atoms with Crippen molar-refractivity contribution in [3.63, 3.8) is 0 Å². The second kappa shape index (κ2) is 12.4. The van der Waals surface area contributed by atoms with Crippen LogP contribution < -0.4 is 0 Å². The molecule has 1 fully saturated rings. The Balaban J connectivity index is 1.71. The summed E-state index contributed by atoms with van der Waals surface area (Å²) in [5.74, 6) is -3.45. The highest BCUT2D eigenvalue weighted by Crippen LogP contribution is 2.39. The molecule has 2 aromatic heterocycles. The van der Waals surface area contributed by atoms with E-state index >= 15 is 0 Å². The van der Waals surface area contributed by atoms with Crippen LogP contribution in [0, 0.1) is 12.8 Å². The number of carbonyl (C=O) groups excluding carboxylic acids is 2. The summed E-state index contributed by atoms with van der Waals surface area (Å²) in [5.41, 5.74) is -1.20. The Labute approximate surface area is 248 Å². The van der Waals surface area contributed by atoms with E-state index in [0.717, 1.165) is 15.8 Å². The van der Waals surface area contributed by atoms with Crippen molar-refractivity contribution in [2.45, 2.75) is 51.4 Å². The minimum Gasteiger partial charge on any atom is -0.481 e. The Morgan fingerprint density at radius 3 is 2.27 bits per heavy atom. The molecule has 1 amide bonds. The van der Waals surface area contributed by atoms with Crippen LogP contribution >= 0.6 is 34.8 Å². The quantitative estimate of drug-likeness (QED) is 0.214. The van der Waals surface area contributed by atoms with E-state index in [1.54, 1.807) is 31.2 Å². The Hall–Kier alpha value is -3.15. The second-order valence-electron chi connectivity index (χ2n) is 9.81. The van der Waals surface area contributed by atoms with E-state index in [4.69, 9.17) is 34.8 Å². The van der Waals surface area contributed by atoms with Gasteiger partial charge in [0.05, 0.1) is 40.9 Å². The van der Waals surface area contributed by atoms with Crippen LogP contribution in [0.1, 0.15) is 69.4 Å². The number of rotatable bonds is 8. The van der Waals surface area contributed by atoms with Gasteiger partial charge in [-0.3, -0.25) is 19.1 Å². The number of carbonyl (C=O) groups is 3. The minimum absolute atomic E-state index is 0.00726. The van der Waals surface area contributed by atoms with Crippen LogP contribution in [0.2, 0.25) is 15.2 Å². The number of aliphatic carboxylic acids is 1. The van der Waals surface area contributed by atoms with Crippen molar-refractivity contribution in [2.75, 3.05) is 6.54 Å². The Bertz CT molecular complexity index is 1450. The zero-order chi connectivity index (χ0) is 30.1. The number of Topliss-reactive ketones (excluding diaryl/α,β-unsaturated/α-hetero) is 1. The lowest BCUT2D eigenvalue weighted by molar-refractivity contribution is -0.147. The van der Waals surface area contributed by atoms with Crippen molar-refractivity contribution < 1.29 is 32.7 Å². The highest BCUT2D eigenvalue weighted by atomic mass is 35.5. The van der Waals surface area contributed by atoms with Gasteiger partial charge in [-0.05, 0) is 56.4 Å². The van der Waals surface area contributed by atoms with Gasteiger partial charge in [0.1, 0.15) is 5.15 Å². The maximum absolute atomic E-state index is 14.4. The normalized spacial score (nSPS) is 17.3. The molecule has 0 atom stereocenters. The molecule has 1 aliphatic carbocycles. The molecule has 8 nitrogen and oxygen atoms in total. The van der Waals surface area contributed by atoms with Crippen molar-refractivity contribution in [1.29, 1.82) is 0 Å². The molecule has 0 bridgehead atoms. The molecule has 1 aliphatic rings. The molecular weight excluding hydrogens is 608 g/mol. The number of ketones is 1. The first kappa shape index (κ1) is 30.8. The highest BCUT2D eigenvalue weighted by molar-refractivity contribution is 6.39. The molecule has 1 saturated carbocycles. The molecule has 0 saturated heterocycles. The van der Waals surface area contributed by atoms with Gasteiger partial charge in [0, 0.05) is 17.3 Å². The predicted octanol–water partition coefficient (Wildman–Crippen LogP) is 6.91. The van der Waals surface area contributed by atoms with E-state index in [-0.39, 0.29) is 48.0 Å². The third-order valence-corrected chi connectivity index (χ3v) is 7.75. The first-order valence-electron chi connectivity index (χ1n) is 12.5. The maximum atomic E-state index is 14.4. The number of carboxylic acid groups (broad SMARTS) is 1. The van der Waals surface area contributed by atoms with Gasteiger partial charge >= 0.3 is 12.1 Å². The van der Waals surface area contributed by atoms with Crippen molar-refractivity contribution >= 4 is 52.5 Å². The summed E-state index contributed by atoms with van der Waals surface area (Å²) in [4.78, 5) is 43.3. The van der Waals surface area contributed by atoms with Crippen LogP contribution in [0.3, 0.4) is 0 Å². The van der Waals surface area contributed by atoms with Crippen LogP contribution in [0.5, 0.6) is 0 Å². The largest absolute Gasteiger partial charge is 0.481 e. The van der Waals surface area contributed by atoms with Gasteiger partial charge in [-0.15, -0.1) is 0 Å². The number of alkyl halides is 3. The first-order valence-corrected chi connectivity index (χ1v) is 13.7. The number of halogens is 6. The monoisotopic (exact) mass is 630 g/mol. The molecule has 2 heterocycles. The van der Waals surface area contributed by atoms with Gasteiger partial charge < -0.3 is 10.0 Å². The number of hydrogen-bond acceptors (Lipinski definition) is 5. The van der Waals surface area contributed by atoms with Gasteiger partial charge in [-0.1, -0.05) is 46.9 Å². The average Bonchev–Trinajstić information content (AvgIpc) is 3.35. The maximum Gasteiger partial charge on any atom is 0.433 e. The summed E-state index contributed by atoms with van der Waals surface area (Å²) >= 11 is 18.3. The predicted molar refractivity (Wildman–Crippen MR) is 145 cm³/mol. The van der Waals surface area contributed by atoms with E-state index in [2.05, 4.69) is 10.1 Å². The fraction of sp³-hybridized carbons (Fsp3) is 0.370. The minimum atomic E-state index is -4.96. The summed E-state index contributed by atoms with van der Waals surface area (Å²) < 4.78 is 44.0. The van der Waals surface area contributed by atoms with Crippen LogP contribution in [0.4, 0.5) is 13.2 Å². The van der Waals surface area contributed by atoms with Crippen LogP contribution in [0.15, 0.2) is 36.5 Å². The fourth-order valence-electron chi connectivity index (χ4n) is 4.92. The molecule has 4 rings (SSSR count). The van der Waals surface area contributed by atoms with Crippen LogP contribution in [-0.2, 0) is 17.5 Å². The van der Waals surface area contributed by atoms with E-state index in [0.29, 0.717) is 16.3 Å². The zero-order valence-corrected chi connectivity index (χ0v) is 23.9. The number of hydrogen-bond donors (Lipinski definition) is 1. The Morgan fingerprint density at radius 2 is 1.71 bits per heavy atom. The van der Waals surface area contributed by atoms with E-state index < -0.39 is 53.6 Å². The molecule has 0 aliphatic heterocycles. The van der Waals surface area contributed by atoms with Gasteiger partial charge in [0.25, 0.3) is 5.91 Å². The molecule has 1 N–H and O–H groups in total. The summed E-state index contributed by atoms with van der Waals surface area (Å²) in [5, 5.41) is 13.4. The lowest BCUT2D eigenvalue weighted by atomic mass is 9.86. The van der Waals surface area contributed by atoms with Crippen molar-refractivity contribution in [3.8, 4) is 0 Å². The molecule has 218 valence electrons. The summed E-state index contributed by atoms with van der Waals surface area (Å²) in [6.07, 6.45) is -3.46. The molecule has 1 aromatic carbocycles. The number of nitrogens with zero attached hydrogens (tertiary/aromatic N) is 4. The molecule has 0 radical (unpaired) electrons. The topological polar surface area (TPSA) is 105 Å². The number of aryl methyl sites for hydroxylation is 1. The number of benzene rings is 1. The number of carboxylic acids is 1. The molecule has 14 heteroatoms. The number of pyridine rings is 1. The second-order valence-corrected chi connectivity index (χ2v) is 11.0. The van der Waals surface area contributed by atoms with Crippen molar-refractivity contribution in [2.24, 2.45) is 5.92 Å². The van der Waals surface area contributed by atoms with E-state index in [1.807, 2.05) is 0 Å². The van der Waals surface area contributed by atoms with Gasteiger partial charge in [-0.25, -0.2) is 4.98 Å². The molecule has 3 aromatic rings. The molecule has 0 spiro atoms. The smallest absolute Gasteiger partial charge is 0.433 e. The summed E-state index contributed by atoms with van der Waals surface area (Å²) in [6, 6.07) is 6.92. The number of amides is 1. The average molecular weight is 632 g/mol. The van der Waals surface area contributed by atoms with Gasteiger partial charge in [-0.2, -0.15) is 18.3 Å². The Morgan fingerprint density at radius 1 is 1.07 bits per heavy atom. The van der Waals surface area contributed by atoms with Crippen LogP contribution in [0.25, 0.3) is 0 Å². The molecular formula is C27H24Cl3F3N4O4. The standard InChI is InChI=1S/C27H24Cl3F3N4O4/c1-14-10-20(29)22(24(30)35-14)21(38)13-36(12-15-2-6-17(28)7-3-15)25(39)19-11-34-37(23(19)27(31,32)33)18-8-4-16(5-9-18)26(40)41/h2-3,6-7,10-11,16,18H,4-5,8-9,12-13H2,1H3,(H,40,41). The van der Waals surface area contributed by atoms with E-state index in [9.17, 15) is 32.7 Å². The molecule has 0 unspecified atom stereocenters. The SMILES string of the molecule is Cc1cc(Cl)c(C(=O)CN(Cc2ccc(Cl)cc2)C(=O)c2cnn(C3CCC(C(=O)O)CC3)c2C(F)(F)F)c(Cl)n1. The third kappa shape index (κ3) is 7.02. The van der Waals surface area contributed by atoms with E-state index in [1.165, 1.54) is 6.07 Å². The van der Waals surface area contributed by atoms with Gasteiger partial charge in [0.15, 0.2) is 11.5 Å². The summed E-state index contributed by atoms with van der Waals surface area (Å²) in [7, 11) is 0. The Kier molecular flexibility index (Phi) is 9.30. The van der Waals surface area contributed by atoms with Crippen molar-refractivity contribution in [1.82, 2.24) is 19.7 Å². The fourth-order valence-corrected chi connectivity index (χ4v) is 5.79. The third-order valence-electron chi connectivity index (χ3n) is 6.93. The van der Waals surface area contributed by atoms with Crippen LogP contribution in [-0.4, -0.2) is 49.0 Å². The lowest BCUT2D eigenvalue weighted by Crippen LogP contribution is -2.37. The highest BCUT2D eigenvalue weighted by Gasteiger charge is 2.43. The first-order chi connectivity index (χ1) is 19.3. The van der Waals surface area contributed by atoms with Crippen molar-refractivity contribution in [3.05, 3.63) is 79.8 Å². The molecule has 41 heavy (non-hydrogen) atoms. The van der Waals surface area contributed by atoms with Gasteiger partial charge in [0.2, 0.25) is 0 Å². The lowest BCUT2D eigenvalue weighted by Gasteiger charge is -2.28. The zero-order valence-electron chi connectivity index (χ0n) is 21.6. The number of aromatic nitrogens is 3.